The van der Waals surface area contributed by atoms with Crippen molar-refractivity contribution in [2.75, 3.05) is 0 Å². The van der Waals surface area contributed by atoms with E-state index in [0.717, 1.165) is 0 Å². The van der Waals surface area contributed by atoms with Crippen LogP contribution in [0.2, 0.25) is 41.7 Å². The summed E-state index contributed by atoms with van der Waals surface area (Å²) in [5.41, 5.74) is 0. The van der Waals surface area contributed by atoms with Crippen LogP contribution in [0.3, 0.4) is 0 Å². The molecule has 3 heteroatoms. The summed E-state index contributed by atoms with van der Waals surface area (Å²) < 4.78 is 1.80. The molecule has 0 aliphatic heterocycles. The first-order chi connectivity index (χ1) is 8.31. The Morgan fingerprint density at radius 2 is 0.750 bits per heavy atom. The average Bonchev–Trinajstić information content (AvgIpc) is 1.91. The summed E-state index contributed by atoms with van der Waals surface area (Å²) in [6.45, 7) is 34.2. The summed E-state index contributed by atoms with van der Waals surface area (Å²) in [7, 11) is -0.544. The second kappa shape index (κ2) is 7.76. The Morgan fingerprint density at radius 3 is 0.750 bits per heavy atom. The van der Waals surface area contributed by atoms with Gasteiger partial charge in [-0.2, -0.15) is 0 Å². The maximum atomic E-state index is 2.45. The van der Waals surface area contributed by atoms with Crippen molar-refractivity contribution in [1.82, 2.24) is 0 Å². The fourth-order valence-electron chi connectivity index (χ4n) is 3.38. The van der Waals surface area contributed by atoms with Gasteiger partial charge in [-0.05, 0) is 0 Å². The molecule has 0 aromatic carbocycles. The van der Waals surface area contributed by atoms with E-state index in [1.54, 1.807) is 0 Å². The topological polar surface area (TPSA) is 0 Å². The van der Waals surface area contributed by atoms with Gasteiger partial charge in [-0.25, -0.2) is 0 Å². The van der Waals surface area contributed by atoms with Crippen molar-refractivity contribution in [2.45, 2.75) is 104 Å². The van der Waals surface area contributed by atoms with Crippen LogP contribution in [0.5, 0.6) is 0 Å². The van der Waals surface area contributed by atoms with Crippen LogP contribution < -0.4 is 0 Å². The standard InChI is InChI=1S/C5H15Si2.3C4H9.Pb/c1-6(2)7(3,4)5;3*1-4(2)3;/h1-5H3;3*1-3H3;. The Kier molecular flexibility index (Phi) is 9.16. The molecule has 0 heterocycles. The second-order valence-corrected chi connectivity index (χ2v) is 44.8. The summed E-state index contributed by atoms with van der Waals surface area (Å²) in [6, 6.07) is 0. The predicted molar refractivity (Wildman–Crippen MR) is 106 cm³/mol. The van der Waals surface area contributed by atoms with Crippen molar-refractivity contribution in [3.05, 3.63) is 0 Å². The third kappa shape index (κ3) is 10.1. The van der Waals surface area contributed by atoms with E-state index in [1.807, 2.05) is 0 Å². The molecule has 0 saturated heterocycles. The molecular formula is C17H42PbSi2. The molecule has 0 rings (SSSR count). The third-order valence-electron chi connectivity index (χ3n) is 3.75. The van der Waals surface area contributed by atoms with Crippen LogP contribution in [-0.4, -0.2) is 38.6 Å². The van der Waals surface area contributed by atoms with Crippen LogP contribution in [0.25, 0.3) is 0 Å². The molecule has 2 radical (unpaired) electrons. The monoisotopic (exact) mass is 510 g/mol. The molecule has 0 fully saturated rings. The van der Waals surface area contributed by atoms with Gasteiger partial charge in [0.2, 0.25) is 0 Å². The first kappa shape index (κ1) is 23.6. The fourth-order valence-corrected chi connectivity index (χ4v) is 29.6. The molecule has 0 unspecified atom stereocenters. The summed E-state index contributed by atoms with van der Waals surface area (Å²) in [5.74, 6) is 0. The van der Waals surface area contributed by atoms with Gasteiger partial charge in [0.1, 0.15) is 0 Å². The predicted octanol–water partition coefficient (Wildman–Crippen LogP) is 7.04. The van der Waals surface area contributed by atoms with E-state index >= 15 is 0 Å². The zero-order valence-corrected chi connectivity index (χ0v) is 22.9. The molecule has 0 amide bonds. The Hall–Kier alpha value is 1.36. The normalized spacial score (nSPS) is 14.4. The maximum Gasteiger partial charge on any atom is 0.0354 e. The summed E-state index contributed by atoms with van der Waals surface area (Å²) in [4.78, 5) is 0. The maximum absolute atomic E-state index is 2.45. The molecule has 20 heavy (non-hydrogen) atoms. The number of rotatable bonds is 1. The van der Waals surface area contributed by atoms with Gasteiger partial charge in [0, 0.05) is 15.9 Å². The van der Waals surface area contributed by atoms with Gasteiger partial charge < -0.3 is 0 Å². The number of hydrogen-bond donors (Lipinski definition) is 0. The van der Waals surface area contributed by atoms with E-state index < -0.39 is 30.3 Å². The van der Waals surface area contributed by atoms with Crippen LogP contribution >= 0.6 is 0 Å². The first-order valence-electron chi connectivity index (χ1n) is 8.00. The molecule has 0 saturated carbocycles. The fraction of sp³-hybridized carbons (Fsp3) is 1.00. The molecule has 0 aromatic rings. The van der Waals surface area contributed by atoms with E-state index in [-0.39, 0.29) is 8.31 Å². The zero-order valence-electron chi connectivity index (χ0n) is 17.0. The van der Waals surface area contributed by atoms with Crippen molar-refractivity contribution >= 4 is 38.6 Å². The van der Waals surface area contributed by atoms with Gasteiger partial charge in [-0.3, -0.25) is 0 Å². The molecule has 0 aromatic heterocycles. The summed E-state index contributed by atoms with van der Waals surface area (Å²) in [5, 5.41) is 0. The molecule has 0 aliphatic rings. The molecule has 0 aliphatic carbocycles. The van der Waals surface area contributed by atoms with E-state index in [2.05, 4.69) is 95.0 Å². The van der Waals surface area contributed by atoms with Crippen LogP contribution in [0.15, 0.2) is 0 Å². The quantitative estimate of drug-likeness (QED) is 0.333. The van der Waals surface area contributed by atoms with Crippen molar-refractivity contribution in [2.24, 2.45) is 0 Å². The molecule has 0 atom stereocenters. The molecule has 122 valence electrons. The van der Waals surface area contributed by atoms with E-state index in [4.69, 9.17) is 0 Å². The van der Waals surface area contributed by atoms with E-state index in [1.165, 1.54) is 0 Å². The molecule has 0 bridgehead atoms. The van der Waals surface area contributed by atoms with Crippen LogP contribution in [0.1, 0.15) is 62.3 Å². The van der Waals surface area contributed by atoms with Gasteiger partial charge in [0.25, 0.3) is 0 Å². The molecule has 0 N–H and O–H groups in total. The number of hydrogen-bond acceptors (Lipinski definition) is 0. The Balaban J connectivity index is 0. The van der Waals surface area contributed by atoms with Gasteiger partial charge >= 0.3 is 93.9 Å². The average molecular weight is 510 g/mol. The first-order valence-corrected chi connectivity index (χ1v) is 20.8. The van der Waals surface area contributed by atoms with E-state index in [0.29, 0.717) is 8.92 Å². The van der Waals surface area contributed by atoms with Crippen molar-refractivity contribution in [3.63, 3.8) is 0 Å². The molecular weight excluding hydrogens is 468 g/mol. The third-order valence-corrected chi connectivity index (χ3v) is 33.2. The van der Waals surface area contributed by atoms with Gasteiger partial charge in [0.05, 0.1) is 0 Å². The minimum atomic E-state index is -1.61. The van der Waals surface area contributed by atoms with Crippen molar-refractivity contribution in [3.8, 4) is 0 Å². The van der Waals surface area contributed by atoms with Gasteiger partial charge in [0.15, 0.2) is 0 Å². The van der Waals surface area contributed by atoms with Gasteiger partial charge in [-0.15, -0.1) is 0 Å². The Bertz CT molecular complexity index is 236. The minimum absolute atomic E-state index is 0.0887. The summed E-state index contributed by atoms with van der Waals surface area (Å²) in [6.07, 6.45) is 0. The largest absolute Gasteiger partial charge is 0.0733 e. The van der Waals surface area contributed by atoms with Crippen LogP contribution in [0, 0.1) is 0 Å². The molecule has 0 nitrogen and oxygen atoms in total. The van der Waals surface area contributed by atoms with Gasteiger partial charge in [-0.1, -0.05) is 32.7 Å². The van der Waals surface area contributed by atoms with Crippen LogP contribution in [-0.2, 0) is 0 Å². The van der Waals surface area contributed by atoms with E-state index in [9.17, 15) is 0 Å². The van der Waals surface area contributed by atoms with Crippen molar-refractivity contribution in [1.29, 1.82) is 0 Å². The Labute approximate surface area is 142 Å². The summed E-state index contributed by atoms with van der Waals surface area (Å²) >= 11 is -1.61. The smallest absolute Gasteiger partial charge is 0.0354 e. The second-order valence-electron chi connectivity index (χ2n) is 10.4. The van der Waals surface area contributed by atoms with Crippen LogP contribution in [0.4, 0.5) is 0 Å². The Morgan fingerprint density at radius 1 is 0.600 bits per heavy atom. The SMILES string of the molecule is C[C](C)(C)[Pb]([C](C)(C)C)[C](C)(C)C.C[Si](C)[Si](C)(C)C. The molecule has 0 spiro atoms. The minimum Gasteiger partial charge on any atom is -0.0733 e. The zero-order chi connectivity index (χ0) is 17.2. The van der Waals surface area contributed by atoms with Crippen molar-refractivity contribution < 1.29 is 0 Å².